The number of carboxylic acids is 1. The quantitative estimate of drug-likeness (QED) is 0.434. The highest BCUT2D eigenvalue weighted by atomic mass is 35.5. The standard InChI is InChI=1S/C20H27ClFNO5S.C6H4ClF/c1-5-13(11-29(27)20(2,3)4)23-16(12-6-7-14(21)15(22)8-12)10-28-17(19(23)26)9-18(24)25;7-5-2-1-3-6(8)4-5/h6-8,13,16-17H,5,9-11H2,1-4H3,(H,24,25);1-4H. The smallest absolute Gasteiger partial charge is 0.306 e. The van der Waals surface area contributed by atoms with Crippen LogP contribution in [-0.2, 0) is 25.1 Å². The highest BCUT2D eigenvalue weighted by Crippen LogP contribution is 2.33. The Labute approximate surface area is 228 Å². The van der Waals surface area contributed by atoms with Crippen LogP contribution in [0, 0.1) is 11.6 Å². The fraction of sp³-hybridized carbons (Fsp3) is 0.462. The van der Waals surface area contributed by atoms with Crippen molar-refractivity contribution in [3.05, 3.63) is 69.7 Å². The maximum atomic E-state index is 14.1. The number of ether oxygens (including phenoxy) is 1. The van der Waals surface area contributed by atoms with Crippen LogP contribution in [0.3, 0.4) is 0 Å². The lowest BCUT2D eigenvalue weighted by Gasteiger charge is -2.44. The Balaban J connectivity index is 0.000000510. The van der Waals surface area contributed by atoms with Crippen LogP contribution in [0.1, 0.15) is 52.1 Å². The predicted molar refractivity (Wildman–Crippen MR) is 141 cm³/mol. The number of hydrogen-bond donors (Lipinski definition) is 1. The molecule has 0 aromatic heterocycles. The van der Waals surface area contributed by atoms with E-state index in [9.17, 15) is 22.6 Å². The summed E-state index contributed by atoms with van der Waals surface area (Å²) in [5.41, 5.74) is 0.494. The second kappa shape index (κ2) is 13.6. The van der Waals surface area contributed by atoms with E-state index >= 15 is 0 Å². The molecule has 6 nitrogen and oxygen atoms in total. The van der Waals surface area contributed by atoms with Gasteiger partial charge < -0.3 is 14.7 Å². The van der Waals surface area contributed by atoms with Gasteiger partial charge in [0.1, 0.15) is 17.7 Å². The van der Waals surface area contributed by atoms with Gasteiger partial charge >= 0.3 is 5.97 Å². The summed E-state index contributed by atoms with van der Waals surface area (Å²) in [4.78, 5) is 25.8. The lowest BCUT2D eigenvalue weighted by molar-refractivity contribution is -0.168. The zero-order chi connectivity index (χ0) is 27.9. The van der Waals surface area contributed by atoms with E-state index in [1.807, 2.05) is 27.7 Å². The van der Waals surface area contributed by atoms with Crippen molar-refractivity contribution < 1.29 is 32.4 Å². The Morgan fingerprint density at radius 2 is 1.89 bits per heavy atom. The molecule has 11 heteroatoms. The third-order valence-electron chi connectivity index (χ3n) is 5.69. The molecule has 0 bridgehead atoms. The monoisotopic (exact) mass is 577 g/mol. The zero-order valence-electron chi connectivity index (χ0n) is 21.0. The van der Waals surface area contributed by atoms with Crippen LogP contribution in [0.4, 0.5) is 8.78 Å². The summed E-state index contributed by atoms with van der Waals surface area (Å²) in [6.45, 7) is 7.46. The van der Waals surface area contributed by atoms with Gasteiger partial charge in [-0.2, -0.15) is 0 Å². The fourth-order valence-electron chi connectivity index (χ4n) is 3.67. The fourth-order valence-corrected chi connectivity index (χ4v) is 5.21. The van der Waals surface area contributed by atoms with E-state index in [-0.39, 0.29) is 23.2 Å². The summed E-state index contributed by atoms with van der Waals surface area (Å²) >= 11 is 11.2. The van der Waals surface area contributed by atoms with Gasteiger partial charge in [0.15, 0.2) is 0 Å². The summed E-state index contributed by atoms with van der Waals surface area (Å²) in [5, 5.41) is 9.50. The molecule has 1 saturated heterocycles. The highest BCUT2D eigenvalue weighted by Gasteiger charge is 2.42. The van der Waals surface area contributed by atoms with Gasteiger partial charge in [0.2, 0.25) is 0 Å². The van der Waals surface area contributed by atoms with Crippen LogP contribution >= 0.6 is 23.2 Å². The molecule has 1 aliphatic heterocycles. The first-order valence-electron chi connectivity index (χ1n) is 11.6. The number of amides is 1. The molecular formula is C26H31Cl2F2NO5S. The number of aliphatic carboxylic acids is 1. The second-order valence-electron chi connectivity index (χ2n) is 9.48. The summed E-state index contributed by atoms with van der Waals surface area (Å²) in [5.74, 6) is -2.31. The highest BCUT2D eigenvalue weighted by molar-refractivity contribution is 7.86. The lowest BCUT2D eigenvalue weighted by atomic mass is 9.99. The Bertz CT molecular complexity index is 1110. The number of carbonyl (C=O) groups excluding carboxylic acids is 1. The minimum absolute atomic E-state index is 0.0173. The molecule has 1 aliphatic rings. The van der Waals surface area contributed by atoms with Crippen molar-refractivity contribution >= 4 is 45.9 Å². The molecule has 4 atom stereocenters. The van der Waals surface area contributed by atoms with Crippen LogP contribution < -0.4 is 0 Å². The maximum absolute atomic E-state index is 14.1. The van der Waals surface area contributed by atoms with Crippen LogP contribution in [0.5, 0.6) is 0 Å². The van der Waals surface area contributed by atoms with Gasteiger partial charge in [0.05, 0.1) is 24.1 Å². The summed E-state index contributed by atoms with van der Waals surface area (Å²) < 4.78 is 44.0. The van der Waals surface area contributed by atoms with Crippen LogP contribution in [0.2, 0.25) is 10.0 Å². The van der Waals surface area contributed by atoms with Crippen LogP contribution in [0.15, 0.2) is 42.5 Å². The van der Waals surface area contributed by atoms with Crippen LogP contribution in [-0.4, -0.2) is 55.3 Å². The van der Waals surface area contributed by atoms with E-state index in [1.165, 1.54) is 29.2 Å². The molecule has 204 valence electrons. The number of carboxylic acid groups (broad SMARTS) is 1. The van der Waals surface area contributed by atoms with Gasteiger partial charge in [0.25, 0.3) is 5.91 Å². The van der Waals surface area contributed by atoms with E-state index in [4.69, 9.17) is 33.0 Å². The Morgan fingerprint density at radius 1 is 1.22 bits per heavy atom. The number of hydrogen-bond acceptors (Lipinski definition) is 4. The first kappa shape index (κ1) is 31.1. The minimum atomic E-state index is -1.23. The summed E-state index contributed by atoms with van der Waals surface area (Å²) in [6, 6.07) is 9.06. The Morgan fingerprint density at radius 3 is 2.38 bits per heavy atom. The summed E-state index contributed by atoms with van der Waals surface area (Å²) in [6.07, 6.45) is -1.08. The number of halogens is 4. The van der Waals surface area contributed by atoms with Crippen molar-refractivity contribution in [3.63, 3.8) is 0 Å². The number of benzene rings is 2. The molecule has 3 rings (SSSR count). The number of morpholine rings is 1. The molecular weight excluding hydrogens is 547 g/mol. The zero-order valence-corrected chi connectivity index (χ0v) is 23.4. The van der Waals surface area contributed by atoms with Gasteiger partial charge in [0, 0.05) is 32.4 Å². The normalized spacial score (nSPS) is 19.6. The van der Waals surface area contributed by atoms with Crippen LogP contribution in [0.25, 0.3) is 0 Å². The van der Waals surface area contributed by atoms with Crippen molar-refractivity contribution in [1.29, 1.82) is 0 Å². The molecule has 37 heavy (non-hydrogen) atoms. The molecule has 0 spiro atoms. The van der Waals surface area contributed by atoms with E-state index < -0.39 is 57.8 Å². The van der Waals surface area contributed by atoms with E-state index in [1.54, 1.807) is 18.2 Å². The second-order valence-corrected chi connectivity index (χ2v) is 12.6. The molecule has 2 aromatic carbocycles. The summed E-state index contributed by atoms with van der Waals surface area (Å²) in [7, 11) is -1.23. The van der Waals surface area contributed by atoms with E-state index in [0.29, 0.717) is 17.0 Å². The third kappa shape index (κ3) is 9.02. The van der Waals surface area contributed by atoms with E-state index in [2.05, 4.69) is 0 Å². The average molecular weight is 579 g/mol. The minimum Gasteiger partial charge on any atom is -0.481 e. The first-order chi connectivity index (χ1) is 17.2. The predicted octanol–water partition coefficient (Wildman–Crippen LogP) is 6.03. The average Bonchev–Trinajstić information content (AvgIpc) is 2.80. The largest absolute Gasteiger partial charge is 0.481 e. The van der Waals surface area contributed by atoms with Gasteiger partial charge in [-0.05, 0) is 63.1 Å². The van der Waals surface area contributed by atoms with Crippen molar-refractivity contribution in [1.82, 2.24) is 4.90 Å². The third-order valence-corrected chi connectivity index (χ3v) is 8.28. The molecule has 1 N–H and O–H groups in total. The number of carbonyl (C=O) groups is 2. The van der Waals surface area contributed by atoms with Crippen molar-refractivity contribution in [2.24, 2.45) is 0 Å². The molecule has 4 unspecified atom stereocenters. The van der Waals surface area contributed by atoms with E-state index in [0.717, 1.165) is 0 Å². The molecule has 2 aromatic rings. The maximum Gasteiger partial charge on any atom is 0.306 e. The Kier molecular flexibility index (Phi) is 11.5. The number of rotatable bonds is 7. The van der Waals surface area contributed by atoms with Crippen molar-refractivity contribution in [3.8, 4) is 0 Å². The van der Waals surface area contributed by atoms with Crippen molar-refractivity contribution in [2.45, 2.75) is 63.5 Å². The van der Waals surface area contributed by atoms with Crippen molar-refractivity contribution in [2.75, 3.05) is 12.4 Å². The lowest BCUT2D eigenvalue weighted by Crippen LogP contribution is -2.56. The SMILES string of the molecule is CCC(CS(=O)C(C)(C)C)N1C(=O)C(CC(=O)O)OCC1c1ccc(Cl)c(F)c1.Fc1cccc(Cl)c1. The molecule has 0 aliphatic carbocycles. The molecule has 1 heterocycles. The Hall–Kier alpha value is -2.07. The molecule has 1 amide bonds. The van der Waals surface area contributed by atoms with Gasteiger partial charge in [-0.1, -0.05) is 42.3 Å². The molecule has 1 fully saturated rings. The molecule has 0 radical (unpaired) electrons. The van der Waals surface area contributed by atoms with Gasteiger partial charge in [-0.25, -0.2) is 8.78 Å². The van der Waals surface area contributed by atoms with Gasteiger partial charge in [-0.3, -0.25) is 13.8 Å². The first-order valence-corrected chi connectivity index (χ1v) is 13.7. The molecule has 0 saturated carbocycles. The topological polar surface area (TPSA) is 83.9 Å². The number of nitrogens with zero attached hydrogens (tertiary/aromatic N) is 1. The van der Waals surface area contributed by atoms with Gasteiger partial charge in [-0.15, -0.1) is 0 Å².